The first-order chi connectivity index (χ1) is 20.1. The molecule has 210 valence electrons. The summed E-state index contributed by atoms with van der Waals surface area (Å²) in [5.74, 6) is 1.94. The van der Waals surface area contributed by atoms with Gasteiger partial charge in [0.1, 0.15) is 5.75 Å². The molecule has 0 bridgehead atoms. The fourth-order valence-corrected chi connectivity index (χ4v) is 5.09. The van der Waals surface area contributed by atoms with Crippen LogP contribution in [0.3, 0.4) is 0 Å². The Morgan fingerprint density at radius 3 is 2.34 bits per heavy atom. The molecule has 1 heterocycles. The fraction of sp³-hybridized carbons (Fsp3) is 0.235. The van der Waals surface area contributed by atoms with Gasteiger partial charge < -0.3 is 19.5 Å². The van der Waals surface area contributed by atoms with Crippen molar-refractivity contribution in [2.75, 3.05) is 39.2 Å². The molecule has 1 N–H and O–H groups in total. The molecule has 0 spiro atoms. The van der Waals surface area contributed by atoms with Crippen LogP contribution in [0.1, 0.15) is 43.8 Å². The summed E-state index contributed by atoms with van der Waals surface area (Å²) in [6.45, 7) is 3.33. The Labute approximate surface area is 240 Å². The van der Waals surface area contributed by atoms with Crippen LogP contribution >= 0.6 is 0 Å². The van der Waals surface area contributed by atoms with Crippen molar-refractivity contribution in [2.45, 2.75) is 19.4 Å². The highest BCUT2D eigenvalue weighted by molar-refractivity contribution is 6.11. The Balaban J connectivity index is 1.10. The first kappa shape index (κ1) is 27.9. The van der Waals surface area contributed by atoms with E-state index in [2.05, 4.69) is 16.3 Å². The summed E-state index contributed by atoms with van der Waals surface area (Å²) in [5, 5.41) is 2.90. The van der Waals surface area contributed by atoms with E-state index in [0.29, 0.717) is 29.0 Å². The predicted octanol–water partition coefficient (Wildman–Crippen LogP) is 6.01. The zero-order valence-corrected chi connectivity index (χ0v) is 23.4. The summed E-state index contributed by atoms with van der Waals surface area (Å²) in [6.07, 6.45) is 1.87. The second kappa shape index (κ2) is 13.2. The summed E-state index contributed by atoms with van der Waals surface area (Å²) in [5.41, 5.74) is 4.65. The van der Waals surface area contributed by atoms with Gasteiger partial charge in [0.15, 0.2) is 17.3 Å². The summed E-state index contributed by atoms with van der Waals surface area (Å²) >= 11 is 0. The van der Waals surface area contributed by atoms with Gasteiger partial charge in [0.05, 0.1) is 20.8 Å². The van der Waals surface area contributed by atoms with Crippen molar-refractivity contribution in [3.63, 3.8) is 0 Å². The van der Waals surface area contributed by atoms with Crippen molar-refractivity contribution >= 4 is 17.4 Å². The van der Waals surface area contributed by atoms with Gasteiger partial charge in [-0.3, -0.25) is 14.5 Å². The van der Waals surface area contributed by atoms with Gasteiger partial charge in [0.2, 0.25) is 0 Å². The summed E-state index contributed by atoms with van der Waals surface area (Å²) < 4.78 is 17.1. The first-order valence-electron chi connectivity index (χ1n) is 13.7. The maximum absolute atomic E-state index is 12.9. The van der Waals surface area contributed by atoms with Gasteiger partial charge in [-0.05, 0) is 60.9 Å². The van der Waals surface area contributed by atoms with E-state index in [1.165, 1.54) is 11.1 Å². The van der Waals surface area contributed by atoms with Crippen molar-refractivity contribution in [3.05, 3.63) is 119 Å². The molecule has 1 amide bonds. The smallest absolute Gasteiger partial charge is 0.255 e. The lowest BCUT2D eigenvalue weighted by atomic mass is 9.98. The zero-order chi connectivity index (χ0) is 28.6. The lowest BCUT2D eigenvalue weighted by molar-refractivity contribution is 0.102. The average molecular weight is 551 g/mol. The highest BCUT2D eigenvalue weighted by Crippen LogP contribution is 2.36. The number of carbonyl (C=O) groups is 2. The normalized spacial score (nSPS) is 12.7. The SMILES string of the molecule is COc1ccc2c(c1OC)CN(CCCOc1ccc(NC(=O)c3cccc(C(=O)c4ccccc4)c3)cc1)CC2. The zero-order valence-electron chi connectivity index (χ0n) is 23.4. The second-order valence-corrected chi connectivity index (χ2v) is 9.92. The molecule has 1 aliphatic rings. The van der Waals surface area contributed by atoms with Gasteiger partial charge in [-0.1, -0.05) is 48.5 Å². The largest absolute Gasteiger partial charge is 0.494 e. The van der Waals surface area contributed by atoms with Crippen molar-refractivity contribution in [3.8, 4) is 17.2 Å². The number of nitrogens with one attached hydrogen (secondary N) is 1. The predicted molar refractivity (Wildman–Crippen MR) is 159 cm³/mol. The van der Waals surface area contributed by atoms with Crippen molar-refractivity contribution in [1.29, 1.82) is 0 Å². The van der Waals surface area contributed by atoms with Crippen LogP contribution in [0.15, 0.2) is 91.0 Å². The Morgan fingerprint density at radius 2 is 1.59 bits per heavy atom. The van der Waals surface area contributed by atoms with E-state index in [0.717, 1.165) is 49.7 Å². The second-order valence-electron chi connectivity index (χ2n) is 9.92. The van der Waals surface area contributed by atoms with Crippen LogP contribution in [0.25, 0.3) is 0 Å². The lowest BCUT2D eigenvalue weighted by Crippen LogP contribution is -2.32. The third-order valence-electron chi connectivity index (χ3n) is 7.25. The van der Waals surface area contributed by atoms with E-state index in [1.807, 2.05) is 48.5 Å². The maximum atomic E-state index is 12.9. The fourth-order valence-electron chi connectivity index (χ4n) is 5.09. The number of anilines is 1. The molecule has 0 radical (unpaired) electrons. The first-order valence-corrected chi connectivity index (χ1v) is 13.7. The molecular weight excluding hydrogens is 516 g/mol. The molecule has 4 aromatic rings. The van der Waals surface area contributed by atoms with E-state index >= 15 is 0 Å². The van der Waals surface area contributed by atoms with Gasteiger partial charge in [0, 0.05) is 47.6 Å². The molecule has 0 saturated carbocycles. The van der Waals surface area contributed by atoms with Gasteiger partial charge in [-0.25, -0.2) is 0 Å². The minimum Gasteiger partial charge on any atom is -0.494 e. The van der Waals surface area contributed by atoms with Crippen molar-refractivity contribution in [1.82, 2.24) is 4.90 Å². The third kappa shape index (κ3) is 6.76. The number of benzene rings is 4. The number of ether oxygens (including phenoxy) is 3. The number of rotatable bonds is 11. The van der Waals surface area contributed by atoms with E-state index in [9.17, 15) is 9.59 Å². The number of fused-ring (bicyclic) bond motifs is 1. The Bertz CT molecular complexity index is 1500. The van der Waals surface area contributed by atoms with Crippen LogP contribution in [0.5, 0.6) is 17.2 Å². The number of nitrogens with zero attached hydrogens (tertiary/aromatic N) is 1. The maximum Gasteiger partial charge on any atom is 0.255 e. The molecular formula is C34H34N2O5. The quantitative estimate of drug-likeness (QED) is 0.182. The molecule has 1 aliphatic heterocycles. The van der Waals surface area contributed by atoms with Gasteiger partial charge >= 0.3 is 0 Å². The molecule has 5 rings (SSSR count). The Kier molecular flexibility index (Phi) is 8.96. The van der Waals surface area contributed by atoms with Gasteiger partial charge in [-0.2, -0.15) is 0 Å². The topological polar surface area (TPSA) is 77.1 Å². The molecule has 0 aliphatic carbocycles. The summed E-state index contributed by atoms with van der Waals surface area (Å²) in [7, 11) is 3.35. The number of hydrogen-bond acceptors (Lipinski definition) is 6. The van der Waals surface area contributed by atoms with Gasteiger partial charge in [0.25, 0.3) is 5.91 Å². The Morgan fingerprint density at radius 1 is 0.829 bits per heavy atom. The van der Waals surface area contributed by atoms with E-state index in [4.69, 9.17) is 14.2 Å². The molecule has 7 nitrogen and oxygen atoms in total. The standard InChI is InChI=1S/C34H34N2O5/c1-39-31-17-12-24-18-20-36(23-30(24)33(31)40-2)19-7-21-41-29-15-13-28(14-16-29)35-34(38)27-11-6-10-26(22-27)32(37)25-8-4-3-5-9-25/h3-6,8-17,22H,7,18-21,23H2,1-2H3,(H,35,38). The van der Waals surface area contributed by atoms with Crippen molar-refractivity contribution in [2.24, 2.45) is 0 Å². The molecule has 0 saturated heterocycles. The molecule has 0 atom stereocenters. The molecule has 41 heavy (non-hydrogen) atoms. The third-order valence-corrected chi connectivity index (χ3v) is 7.25. The van der Waals surface area contributed by atoms with E-state index < -0.39 is 0 Å². The van der Waals surface area contributed by atoms with Crippen LogP contribution in [0.2, 0.25) is 0 Å². The number of methoxy groups -OCH3 is 2. The summed E-state index contributed by atoms with van der Waals surface area (Å²) in [6, 6.07) is 27.2. The monoisotopic (exact) mass is 550 g/mol. The van der Waals surface area contributed by atoms with Crippen LogP contribution < -0.4 is 19.5 Å². The van der Waals surface area contributed by atoms with Crippen molar-refractivity contribution < 1.29 is 23.8 Å². The molecule has 0 unspecified atom stereocenters. The average Bonchev–Trinajstić information content (AvgIpc) is 3.03. The van der Waals surface area contributed by atoms with Crippen LogP contribution in [-0.4, -0.2) is 50.5 Å². The highest BCUT2D eigenvalue weighted by Gasteiger charge is 2.22. The minimum atomic E-state index is -0.279. The molecule has 7 heteroatoms. The number of ketones is 1. The van der Waals surface area contributed by atoms with Crippen LogP contribution in [0.4, 0.5) is 5.69 Å². The highest BCUT2D eigenvalue weighted by atomic mass is 16.5. The molecule has 0 fully saturated rings. The van der Waals surface area contributed by atoms with Crippen LogP contribution in [0, 0.1) is 0 Å². The van der Waals surface area contributed by atoms with Gasteiger partial charge in [-0.15, -0.1) is 0 Å². The van der Waals surface area contributed by atoms with E-state index in [-0.39, 0.29) is 11.7 Å². The summed E-state index contributed by atoms with van der Waals surface area (Å²) in [4.78, 5) is 28.0. The molecule has 4 aromatic carbocycles. The molecule has 0 aromatic heterocycles. The number of amides is 1. The lowest BCUT2D eigenvalue weighted by Gasteiger charge is -2.30. The van der Waals surface area contributed by atoms with E-state index in [1.54, 1.807) is 50.6 Å². The number of hydrogen-bond donors (Lipinski definition) is 1. The van der Waals surface area contributed by atoms with Crippen LogP contribution in [-0.2, 0) is 13.0 Å². The Hall–Kier alpha value is -4.62. The number of carbonyl (C=O) groups excluding carboxylic acids is 2. The minimum absolute atomic E-state index is 0.119.